The highest BCUT2D eigenvalue weighted by molar-refractivity contribution is 6.06. The van der Waals surface area contributed by atoms with E-state index in [1.807, 2.05) is 45.8 Å². The van der Waals surface area contributed by atoms with Gasteiger partial charge < -0.3 is 10.1 Å². The minimum Gasteiger partial charge on any atom is -0.492 e. The second-order valence-electron chi connectivity index (χ2n) is 5.70. The first-order chi connectivity index (χ1) is 11.4. The molecule has 0 aliphatic rings. The van der Waals surface area contributed by atoms with Gasteiger partial charge in [0.05, 0.1) is 30.0 Å². The van der Waals surface area contributed by atoms with E-state index in [0.717, 1.165) is 22.2 Å². The lowest BCUT2D eigenvalue weighted by atomic mass is 10.1. The minimum absolute atomic E-state index is 0.367. The van der Waals surface area contributed by atoms with Crippen LogP contribution in [0.3, 0.4) is 0 Å². The molecule has 1 N–H and O–H groups in total. The van der Waals surface area contributed by atoms with Crippen molar-refractivity contribution in [3.8, 4) is 17.6 Å². The molecule has 0 aliphatic carbocycles. The maximum atomic E-state index is 12.1. The monoisotopic (exact) mass is 326 g/mol. The molecular formula is C18H22N4O2. The average molecular weight is 326 g/mol. The van der Waals surface area contributed by atoms with Crippen LogP contribution in [0.5, 0.6) is 5.75 Å². The molecule has 0 aliphatic heterocycles. The molecule has 1 aromatic heterocycles. The Kier molecular flexibility index (Phi) is 5.72. The summed E-state index contributed by atoms with van der Waals surface area (Å²) in [5, 5.41) is 12.1. The van der Waals surface area contributed by atoms with Gasteiger partial charge in [-0.15, -0.1) is 0 Å². The minimum atomic E-state index is -0.367. The molecule has 0 bridgehead atoms. The number of nitrogens with one attached hydrogen (secondary N) is 1. The van der Waals surface area contributed by atoms with Crippen LogP contribution in [0.4, 0.5) is 5.69 Å². The number of ether oxygens (including phenoxy) is 1. The van der Waals surface area contributed by atoms with Gasteiger partial charge in [-0.1, -0.05) is 5.92 Å². The van der Waals surface area contributed by atoms with Crippen LogP contribution in [0.25, 0.3) is 10.9 Å². The van der Waals surface area contributed by atoms with Gasteiger partial charge in [0.1, 0.15) is 5.75 Å². The van der Waals surface area contributed by atoms with E-state index in [1.165, 1.54) is 0 Å². The number of aryl methyl sites for hydroxylation is 2. The Balaban J connectivity index is 2.38. The van der Waals surface area contributed by atoms with Crippen molar-refractivity contribution in [1.29, 1.82) is 0 Å². The highest BCUT2D eigenvalue weighted by Gasteiger charge is 2.12. The van der Waals surface area contributed by atoms with E-state index in [1.54, 1.807) is 6.07 Å². The van der Waals surface area contributed by atoms with Gasteiger partial charge >= 0.3 is 0 Å². The van der Waals surface area contributed by atoms with Crippen LogP contribution in [0.1, 0.15) is 18.2 Å². The van der Waals surface area contributed by atoms with Gasteiger partial charge in [0.25, 0.3) is 5.91 Å². The van der Waals surface area contributed by atoms with Gasteiger partial charge in [0.2, 0.25) is 0 Å². The average Bonchev–Trinajstić information content (AvgIpc) is 2.52. The predicted molar refractivity (Wildman–Crippen MR) is 95.1 cm³/mol. The number of fused-ring (bicyclic) bond motifs is 1. The zero-order valence-corrected chi connectivity index (χ0v) is 14.7. The molecule has 2 rings (SSSR count). The van der Waals surface area contributed by atoms with Crippen LogP contribution in [0.2, 0.25) is 0 Å². The molecule has 2 aromatic rings. The summed E-state index contributed by atoms with van der Waals surface area (Å²) < 4.78 is 5.62. The number of amides is 1. The third-order valence-corrected chi connectivity index (χ3v) is 3.50. The lowest BCUT2D eigenvalue weighted by Crippen LogP contribution is -2.13. The summed E-state index contributed by atoms with van der Waals surface area (Å²) in [6.45, 7) is 6.79. The second kappa shape index (κ2) is 7.75. The molecule has 6 heteroatoms. The van der Waals surface area contributed by atoms with Gasteiger partial charge in [-0.3, -0.25) is 9.69 Å². The highest BCUT2D eigenvalue weighted by Crippen LogP contribution is 2.31. The Morgan fingerprint density at radius 1 is 1.29 bits per heavy atom. The van der Waals surface area contributed by atoms with Gasteiger partial charge in [0, 0.05) is 11.5 Å². The first kappa shape index (κ1) is 17.7. The zero-order chi connectivity index (χ0) is 17.7. The van der Waals surface area contributed by atoms with Crippen molar-refractivity contribution in [2.24, 2.45) is 0 Å². The van der Waals surface area contributed by atoms with Crippen molar-refractivity contribution >= 4 is 22.5 Å². The zero-order valence-electron chi connectivity index (χ0n) is 14.7. The number of rotatable bonds is 4. The van der Waals surface area contributed by atoms with E-state index in [4.69, 9.17) is 4.74 Å². The number of nitrogens with zero attached hydrogens (tertiary/aromatic N) is 3. The highest BCUT2D eigenvalue weighted by atomic mass is 16.5. The van der Waals surface area contributed by atoms with Crippen LogP contribution in [0, 0.1) is 25.7 Å². The number of hydrogen-bond donors (Lipinski definition) is 1. The van der Waals surface area contributed by atoms with Crippen molar-refractivity contribution in [3.05, 3.63) is 23.4 Å². The molecule has 6 nitrogen and oxygen atoms in total. The fourth-order valence-electron chi connectivity index (χ4n) is 2.16. The molecule has 126 valence electrons. The number of carbonyl (C=O) groups excluding carboxylic acids is 1. The molecule has 0 atom stereocenters. The lowest BCUT2D eigenvalue weighted by Gasteiger charge is -2.13. The molecule has 0 saturated carbocycles. The summed E-state index contributed by atoms with van der Waals surface area (Å²) in [5.74, 6) is 5.59. The Morgan fingerprint density at radius 2 is 2.04 bits per heavy atom. The SMILES string of the molecule is CCOc1cc2nnc(C)c(C)c2cc1NC(=O)C#CCN(C)C. The molecule has 1 aromatic carbocycles. The van der Waals surface area contributed by atoms with Crippen molar-refractivity contribution < 1.29 is 9.53 Å². The summed E-state index contributed by atoms with van der Waals surface area (Å²) in [7, 11) is 3.80. The maximum Gasteiger partial charge on any atom is 0.300 e. The number of aromatic nitrogens is 2. The summed E-state index contributed by atoms with van der Waals surface area (Å²) in [6.07, 6.45) is 0. The number of anilines is 1. The largest absolute Gasteiger partial charge is 0.492 e. The van der Waals surface area contributed by atoms with E-state index >= 15 is 0 Å². The van der Waals surface area contributed by atoms with Crippen molar-refractivity contribution in [2.75, 3.05) is 32.6 Å². The second-order valence-corrected chi connectivity index (χ2v) is 5.70. The van der Waals surface area contributed by atoms with Crippen molar-refractivity contribution in [2.45, 2.75) is 20.8 Å². The van der Waals surface area contributed by atoms with Gasteiger partial charge in [0.15, 0.2) is 0 Å². The third-order valence-electron chi connectivity index (χ3n) is 3.50. The summed E-state index contributed by atoms with van der Waals surface area (Å²) >= 11 is 0. The molecule has 0 spiro atoms. The normalized spacial score (nSPS) is 10.4. The van der Waals surface area contributed by atoms with E-state index in [0.29, 0.717) is 24.6 Å². The van der Waals surface area contributed by atoms with E-state index in [-0.39, 0.29) is 5.91 Å². The molecule has 0 unspecified atom stereocenters. The summed E-state index contributed by atoms with van der Waals surface area (Å²) in [6, 6.07) is 3.66. The summed E-state index contributed by atoms with van der Waals surface area (Å²) in [4.78, 5) is 13.9. The third kappa shape index (κ3) is 4.21. The molecule has 1 amide bonds. The van der Waals surface area contributed by atoms with Gasteiger partial charge in [-0.2, -0.15) is 10.2 Å². The molecule has 1 heterocycles. The Labute approximate surface area is 142 Å². The van der Waals surface area contributed by atoms with E-state index in [2.05, 4.69) is 27.4 Å². The molecule has 0 radical (unpaired) electrons. The molecule has 0 saturated heterocycles. The van der Waals surface area contributed by atoms with E-state index < -0.39 is 0 Å². The summed E-state index contributed by atoms with van der Waals surface area (Å²) in [5.41, 5.74) is 3.20. The fraction of sp³-hybridized carbons (Fsp3) is 0.389. The fourth-order valence-corrected chi connectivity index (χ4v) is 2.16. The number of carbonyl (C=O) groups is 1. The van der Waals surface area contributed by atoms with Gasteiger partial charge in [-0.05, 0) is 52.4 Å². The molecule has 24 heavy (non-hydrogen) atoms. The van der Waals surface area contributed by atoms with E-state index in [9.17, 15) is 4.79 Å². The quantitative estimate of drug-likeness (QED) is 0.872. The van der Waals surface area contributed by atoms with Crippen LogP contribution in [0.15, 0.2) is 12.1 Å². The first-order valence-electron chi connectivity index (χ1n) is 7.77. The van der Waals surface area contributed by atoms with Crippen LogP contribution in [-0.2, 0) is 4.79 Å². The smallest absolute Gasteiger partial charge is 0.300 e. The van der Waals surface area contributed by atoms with Gasteiger partial charge in [-0.25, -0.2) is 0 Å². The Hall–Kier alpha value is -2.65. The topological polar surface area (TPSA) is 67.4 Å². The number of benzene rings is 1. The van der Waals surface area contributed by atoms with Crippen LogP contribution in [-0.4, -0.2) is 48.3 Å². The lowest BCUT2D eigenvalue weighted by molar-refractivity contribution is -0.111. The molecular weight excluding hydrogens is 304 g/mol. The maximum absolute atomic E-state index is 12.1. The Bertz CT molecular complexity index is 819. The van der Waals surface area contributed by atoms with Crippen molar-refractivity contribution in [1.82, 2.24) is 15.1 Å². The molecule has 0 fully saturated rings. The number of hydrogen-bond acceptors (Lipinski definition) is 5. The van der Waals surface area contributed by atoms with Crippen molar-refractivity contribution in [3.63, 3.8) is 0 Å². The van der Waals surface area contributed by atoms with Crippen LogP contribution >= 0.6 is 0 Å². The van der Waals surface area contributed by atoms with Crippen LogP contribution < -0.4 is 10.1 Å². The predicted octanol–water partition coefficient (Wildman–Crippen LogP) is 2.15. The standard InChI is InChI=1S/C18H22N4O2/c1-6-24-17-11-15-14(12(2)13(3)20-21-15)10-16(17)19-18(23)8-7-9-22(4)5/h10-11H,6,9H2,1-5H3,(H,19,23). The Morgan fingerprint density at radius 3 is 2.71 bits per heavy atom. The first-order valence-corrected chi connectivity index (χ1v) is 7.77.